The summed E-state index contributed by atoms with van der Waals surface area (Å²) in [5, 5.41) is 0. The van der Waals surface area contributed by atoms with E-state index in [2.05, 4.69) is 11.9 Å². The number of ether oxygens (including phenoxy) is 1. The Balaban J connectivity index is 0.000000120. The molecule has 0 fully saturated rings. The number of aromatic nitrogens is 1. The highest BCUT2D eigenvalue weighted by molar-refractivity contribution is 5.04. The third kappa shape index (κ3) is 3.66. The first kappa shape index (κ1) is 8.65. The van der Waals surface area contributed by atoms with E-state index in [-0.39, 0.29) is 0 Å². The van der Waals surface area contributed by atoms with E-state index in [0.717, 1.165) is 6.61 Å². The first-order valence-corrected chi connectivity index (χ1v) is 3.92. The molecule has 12 heavy (non-hydrogen) atoms. The molecule has 2 nitrogen and oxygen atoms in total. The smallest absolute Gasteiger partial charge is 0.106 e. The Kier molecular flexibility index (Phi) is 3.78. The number of nitrogens with one attached hydrogen (secondary N) is 1. The molecule has 1 aromatic rings. The van der Waals surface area contributed by atoms with Gasteiger partial charge in [0.15, 0.2) is 0 Å². The summed E-state index contributed by atoms with van der Waals surface area (Å²) in [6.07, 6.45) is 11.3. The zero-order valence-electron chi connectivity index (χ0n) is 7.16. The highest BCUT2D eigenvalue weighted by Crippen LogP contribution is 1.88. The van der Waals surface area contributed by atoms with Crippen molar-refractivity contribution in [3.63, 3.8) is 0 Å². The Bertz CT molecular complexity index is 235. The normalized spacial score (nSPS) is 13.1. The van der Waals surface area contributed by atoms with Crippen molar-refractivity contribution in [2.75, 3.05) is 6.61 Å². The van der Waals surface area contributed by atoms with Crippen LogP contribution in [0.25, 0.3) is 0 Å². The van der Waals surface area contributed by atoms with Crippen LogP contribution < -0.4 is 0 Å². The maximum atomic E-state index is 4.80. The minimum Gasteiger partial charge on any atom is -0.497 e. The van der Waals surface area contributed by atoms with Gasteiger partial charge < -0.3 is 9.72 Å². The van der Waals surface area contributed by atoms with Crippen LogP contribution in [0.15, 0.2) is 43.0 Å². The monoisotopic (exact) mass is 163 g/mol. The topological polar surface area (TPSA) is 25.0 Å². The number of rotatable bonds is 0. The van der Waals surface area contributed by atoms with E-state index in [0.29, 0.717) is 0 Å². The molecule has 64 valence electrons. The second-order valence-electron chi connectivity index (χ2n) is 2.48. The summed E-state index contributed by atoms with van der Waals surface area (Å²) >= 11 is 0. The van der Waals surface area contributed by atoms with Crippen molar-refractivity contribution in [1.29, 1.82) is 0 Å². The lowest BCUT2D eigenvalue weighted by Gasteiger charge is -1.94. The number of aromatic amines is 1. The molecule has 2 rings (SSSR count). The van der Waals surface area contributed by atoms with Crippen molar-refractivity contribution in [2.45, 2.75) is 6.92 Å². The van der Waals surface area contributed by atoms with Crippen molar-refractivity contribution in [3.05, 3.63) is 48.5 Å². The summed E-state index contributed by atoms with van der Waals surface area (Å²) in [4.78, 5) is 2.93. The average Bonchev–Trinajstić information content (AvgIpc) is 2.60. The van der Waals surface area contributed by atoms with Crippen LogP contribution in [0.3, 0.4) is 0 Å². The van der Waals surface area contributed by atoms with Gasteiger partial charge in [0.05, 0.1) is 6.26 Å². The Morgan fingerprint density at radius 1 is 1.42 bits per heavy atom. The molecule has 1 aromatic heterocycles. The molecule has 0 radical (unpaired) electrons. The third-order valence-electron chi connectivity index (χ3n) is 1.37. The quantitative estimate of drug-likeness (QED) is 0.624. The van der Waals surface area contributed by atoms with Crippen molar-refractivity contribution < 1.29 is 4.74 Å². The second kappa shape index (κ2) is 5.24. The molecule has 1 aliphatic heterocycles. The summed E-state index contributed by atoms with van der Waals surface area (Å²) in [7, 11) is 0. The molecule has 1 N–H and O–H groups in total. The number of aryl methyl sites for hydroxylation is 1. The highest BCUT2D eigenvalue weighted by Gasteiger charge is 1.75. The van der Waals surface area contributed by atoms with E-state index in [1.54, 1.807) is 6.26 Å². The molecule has 0 aromatic carbocycles. The molecule has 2 heteroatoms. The van der Waals surface area contributed by atoms with Gasteiger partial charge in [-0.2, -0.15) is 0 Å². The summed E-state index contributed by atoms with van der Waals surface area (Å²) < 4.78 is 4.80. The largest absolute Gasteiger partial charge is 0.497 e. The van der Waals surface area contributed by atoms with Crippen LogP contribution >= 0.6 is 0 Å². The van der Waals surface area contributed by atoms with Gasteiger partial charge in [-0.15, -0.1) is 0 Å². The van der Waals surface area contributed by atoms with Gasteiger partial charge in [0.1, 0.15) is 6.61 Å². The van der Waals surface area contributed by atoms with Crippen LogP contribution in [0.5, 0.6) is 0 Å². The molecule has 0 saturated carbocycles. The molecule has 0 aliphatic carbocycles. The van der Waals surface area contributed by atoms with Crippen LogP contribution in [0.2, 0.25) is 0 Å². The lowest BCUT2D eigenvalue weighted by atomic mass is 10.4. The minimum atomic E-state index is 0.733. The number of allylic oxidation sites excluding steroid dienone is 2. The Morgan fingerprint density at radius 2 is 2.33 bits per heavy atom. The van der Waals surface area contributed by atoms with Gasteiger partial charge >= 0.3 is 0 Å². The first-order chi connectivity index (χ1) is 5.89. The summed E-state index contributed by atoms with van der Waals surface area (Å²) in [6, 6.07) is 2.03. The Morgan fingerprint density at radius 3 is 2.50 bits per heavy atom. The Hall–Kier alpha value is -1.44. The van der Waals surface area contributed by atoms with Gasteiger partial charge in [0.25, 0.3) is 0 Å². The maximum Gasteiger partial charge on any atom is 0.106 e. The fourth-order valence-corrected chi connectivity index (χ4v) is 0.753. The molecule has 1 aliphatic rings. The fraction of sp³-hybridized carbons (Fsp3) is 0.200. The van der Waals surface area contributed by atoms with Gasteiger partial charge in [-0.05, 0) is 30.7 Å². The van der Waals surface area contributed by atoms with Crippen LogP contribution in [0.1, 0.15) is 5.56 Å². The minimum absolute atomic E-state index is 0.733. The SMILES string of the molecule is C1=CCOC=C1.Cc1cc[nH]c1. The van der Waals surface area contributed by atoms with E-state index in [1.807, 2.05) is 36.7 Å². The zero-order valence-corrected chi connectivity index (χ0v) is 7.16. The summed E-state index contributed by atoms with van der Waals surface area (Å²) in [5.41, 5.74) is 1.29. The van der Waals surface area contributed by atoms with Crippen molar-refractivity contribution in [2.24, 2.45) is 0 Å². The van der Waals surface area contributed by atoms with Gasteiger partial charge in [-0.3, -0.25) is 0 Å². The summed E-state index contributed by atoms with van der Waals surface area (Å²) in [5.74, 6) is 0. The van der Waals surface area contributed by atoms with Gasteiger partial charge in [-0.1, -0.05) is 6.08 Å². The van der Waals surface area contributed by atoms with Crippen LogP contribution in [0, 0.1) is 6.92 Å². The lowest BCUT2D eigenvalue weighted by molar-refractivity contribution is 0.286. The average molecular weight is 163 g/mol. The fourth-order valence-electron chi connectivity index (χ4n) is 0.753. The van der Waals surface area contributed by atoms with Crippen molar-refractivity contribution >= 4 is 0 Å². The van der Waals surface area contributed by atoms with Crippen LogP contribution in [-0.2, 0) is 4.74 Å². The molecular weight excluding hydrogens is 150 g/mol. The third-order valence-corrected chi connectivity index (χ3v) is 1.37. The van der Waals surface area contributed by atoms with Crippen LogP contribution in [-0.4, -0.2) is 11.6 Å². The molecule has 0 amide bonds. The van der Waals surface area contributed by atoms with E-state index in [1.165, 1.54) is 5.56 Å². The van der Waals surface area contributed by atoms with E-state index in [9.17, 15) is 0 Å². The first-order valence-electron chi connectivity index (χ1n) is 3.92. The van der Waals surface area contributed by atoms with Gasteiger partial charge in [0.2, 0.25) is 0 Å². The molecule has 0 saturated heterocycles. The Labute approximate surface area is 72.6 Å². The van der Waals surface area contributed by atoms with E-state index in [4.69, 9.17) is 4.74 Å². The number of H-pyrrole nitrogens is 1. The van der Waals surface area contributed by atoms with Gasteiger partial charge in [-0.25, -0.2) is 0 Å². The molecule has 0 bridgehead atoms. The van der Waals surface area contributed by atoms with E-state index < -0.39 is 0 Å². The number of hydrogen-bond donors (Lipinski definition) is 1. The lowest BCUT2D eigenvalue weighted by Crippen LogP contribution is -1.82. The van der Waals surface area contributed by atoms with Crippen molar-refractivity contribution in [3.8, 4) is 0 Å². The molecule has 0 unspecified atom stereocenters. The molecular formula is C10H13NO. The second-order valence-corrected chi connectivity index (χ2v) is 2.48. The molecule has 0 atom stereocenters. The molecule has 0 spiro atoms. The summed E-state index contributed by atoms with van der Waals surface area (Å²) in [6.45, 7) is 2.78. The van der Waals surface area contributed by atoms with E-state index >= 15 is 0 Å². The maximum absolute atomic E-state index is 4.80. The molecule has 2 heterocycles. The number of hydrogen-bond acceptors (Lipinski definition) is 1. The predicted octanol–water partition coefficient (Wildman–Crippen LogP) is 2.41. The van der Waals surface area contributed by atoms with Crippen LogP contribution in [0.4, 0.5) is 0 Å². The standard InChI is InChI=1S/C5H7N.C5H6O/c1-5-2-3-6-4-5;1-2-4-6-5-3-1/h2-4,6H,1H3;1-4H,5H2. The predicted molar refractivity (Wildman–Crippen MR) is 49.8 cm³/mol. The van der Waals surface area contributed by atoms with Crippen molar-refractivity contribution in [1.82, 2.24) is 4.98 Å². The highest BCUT2D eigenvalue weighted by atomic mass is 16.5. The zero-order chi connectivity index (χ0) is 8.65. The van der Waals surface area contributed by atoms with Gasteiger partial charge in [0, 0.05) is 12.4 Å².